The number of aromatic amines is 2. The third-order valence-corrected chi connectivity index (χ3v) is 5.48. The van der Waals surface area contributed by atoms with E-state index in [9.17, 15) is 9.59 Å². The molecule has 0 bridgehead atoms. The number of rotatable bonds is 6. The maximum atomic E-state index is 13.2. The number of pyridine rings is 1. The summed E-state index contributed by atoms with van der Waals surface area (Å²) in [6, 6.07) is 20.8. The fourth-order valence-electron chi connectivity index (χ4n) is 3.82. The van der Waals surface area contributed by atoms with E-state index in [2.05, 4.69) is 20.3 Å². The number of amides is 1. The monoisotopic (exact) mass is 482 g/mol. The lowest BCUT2D eigenvalue weighted by Crippen LogP contribution is -2.42. The van der Waals surface area contributed by atoms with Crippen LogP contribution in [-0.2, 0) is 6.61 Å². The Morgan fingerprint density at radius 1 is 0.889 bits per heavy atom. The van der Waals surface area contributed by atoms with Gasteiger partial charge >= 0.3 is 6.09 Å². The van der Waals surface area contributed by atoms with Crippen LogP contribution < -0.4 is 14.8 Å². The van der Waals surface area contributed by atoms with Crippen LogP contribution >= 0.6 is 0 Å². The van der Waals surface area contributed by atoms with E-state index in [0.29, 0.717) is 28.9 Å². The molecule has 0 saturated heterocycles. The summed E-state index contributed by atoms with van der Waals surface area (Å²) in [6.45, 7) is 6.04. The Morgan fingerprint density at radius 2 is 1.58 bits per heavy atom. The number of H-pyrrole nitrogens is 2. The summed E-state index contributed by atoms with van der Waals surface area (Å²) in [4.78, 5) is 35.7. The molecular formula is C28H26N4O4. The van der Waals surface area contributed by atoms with Crippen molar-refractivity contribution in [1.82, 2.24) is 20.3 Å². The highest BCUT2D eigenvalue weighted by molar-refractivity contribution is 6.11. The van der Waals surface area contributed by atoms with Gasteiger partial charge in [0.1, 0.15) is 12.4 Å². The molecule has 0 unspecified atom stereocenters. The molecule has 5 rings (SSSR count). The van der Waals surface area contributed by atoms with Crippen molar-refractivity contribution in [2.24, 2.45) is 0 Å². The van der Waals surface area contributed by atoms with Gasteiger partial charge in [0.05, 0.1) is 23.1 Å². The van der Waals surface area contributed by atoms with Crippen molar-refractivity contribution < 1.29 is 19.1 Å². The molecule has 2 aromatic carbocycles. The predicted octanol–water partition coefficient (Wildman–Crippen LogP) is 5.74. The topological polar surface area (TPSA) is 109 Å². The van der Waals surface area contributed by atoms with E-state index in [0.717, 1.165) is 22.2 Å². The molecule has 3 heterocycles. The number of carbonyl (C=O) groups excluding carboxylic acids is 2. The molecule has 0 aliphatic heterocycles. The van der Waals surface area contributed by atoms with Crippen molar-refractivity contribution >= 4 is 33.7 Å². The van der Waals surface area contributed by atoms with Crippen LogP contribution in [0.4, 0.5) is 4.79 Å². The molecule has 8 nitrogen and oxygen atoms in total. The second-order valence-corrected chi connectivity index (χ2v) is 9.59. The number of hydrogen-bond donors (Lipinski definition) is 3. The van der Waals surface area contributed by atoms with Crippen molar-refractivity contribution in [3.05, 3.63) is 89.9 Å². The van der Waals surface area contributed by atoms with Crippen molar-refractivity contribution in [3.63, 3.8) is 0 Å². The minimum Gasteiger partial charge on any atom is -0.489 e. The van der Waals surface area contributed by atoms with Crippen molar-refractivity contribution in [2.75, 3.05) is 0 Å². The van der Waals surface area contributed by atoms with Crippen LogP contribution in [-0.4, -0.2) is 32.4 Å². The fourth-order valence-corrected chi connectivity index (χ4v) is 3.82. The van der Waals surface area contributed by atoms with Crippen molar-refractivity contribution in [2.45, 2.75) is 32.9 Å². The van der Waals surface area contributed by atoms with E-state index >= 15 is 0 Å². The lowest BCUT2D eigenvalue weighted by Gasteiger charge is -2.19. The molecule has 3 aromatic heterocycles. The van der Waals surface area contributed by atoms with E-state index in [1.165, 1.54) is 6.20 Å². The first-order valence-corrected chi connectivity index (χ1v) is 11.6. The summed E-state index contributed by atoms with van der Waals surface area (Å²) in [7, 11) is 0. The smallest absolute Gasteiger partial charge is 0.414 e. The zero-order chi connectivity index (χ0) is 25.3. The minimum absolute atomic E-state index is 0.149. The molecular weight excluding hydrogens is 456 g/mol. The van der Waals surface area contributed by atoms with E-state index in [4.69, 9.17) is 9.47 Å². The number of ether oxygens (including phenoxy) is 2. The van der Waals surface area contributed by atoms with Gasteiger partial charge in [-0.2, -0.15) is 0 Å². The molecule has 0 radical (unpaired) electrons. The molecule has 0 spiro atoms. The minimum atomic E-state index is -0.591. The van der Waals surface area contributed by atoms with Crippen LogP contribution in [0.1, 0.15) is 42.5 Å². The van der Waals surface area contributed by atoms with Crippen molar-refractivity contribution in [1.29, 1.82) is 0 Å². The summed E-state index contributed by atoms with van der Waals surface area (Å²) in [5.41, 5.74) is 3.00. The number of carbonyl (C=O) groups is 2. The molecule has 8 heteroatoms. The number of fused-ring (bicyclic) bond motifs is 2. The Bertz CT molecular complexity index is 1560. The first-order chi connectivity index (χ1) is 17.2. The van der Waals surface area contributed by atoms with Crippen LogP contribution in [0, 0.1) is 0 Å². The second-order valence-electron chi connectivity index (χ2n) is 9.59. The van der Waals surface area contributed by atoms with Crippen LogP contribution in [0.5, 0.6) is 11.6 Å². The standard InChI is InChI=1S/C28H26N4O4/c1-28(2,3)32-27(34)36-25-14-19-13-23(31-24(19)15-29-25)26(33)22-12-18-11-20(9-10-21(18)30-22)35-16-17-7-5-4-6-8-17/h4-15,30-31H,16H2,1-3H3,(H,32,34). The molecule has 1 amide bonds. The van der Waals surface area contributed by atoms with E-state index in [1.807, 2.05) is 75.4 Å². The average molecular weight is 483 g/mol. The van der Waals surface area contributed by atoms with E-state index < -0.39 is 11.6 Å². The molecule has 182 valence electrons. The van der Waals surface area contributed by atoms with E-state index in [-0.39, 0.29) is 11.7 Å². The molecule has 5 aromatic rings. The first-order valence-electron chi connectivity index (χ1n) is 11.6. The van der Waals surface area contributed by atoms with Crippen LogP contribution in [0.2, 0.25) is 0 Å². The van der Waals surface area contributed by atoms with Gasteiger partial charge in [-0.15, -0.1) is 0 Å². The molecule has 0 saturated carbocycles. The maximum absolute atomic E-state index is 13.2. The number of nitrogens with zero attached hydrogens (tertiary/aromatic N) is 1. The van der Waals surface area contributed by atoms with Gasteiger partial charge in [-0.25, -0.2) is 9.78 Å². The van der Waals surface area contributed by atoms with Gasteiger partial charge in [0.25, 0.3) is 0 Å². The quantitative estimate of drug-likeness (QED) is 0.267. The molecule has 0 aliphatic rings. The summed E-state index contributed by atoms with van der Waals surface area (Å²) in [6.07, 6.45) is 0.944. The Morgan fingerprint density at radius 3 is 2.31 bits per heavy atom. The largest absolute Gasteiger partial charge is 0.489 e. The first kappa shape index (κ1) is 23.2. The highest BCUT2D eigenvalue weighted by Crippen LogP contribution is 2.25. The average Bonchev–Trinajstić information content (AvgIpc) is 3.45. The van der Waals surface area contributed by atoms with Gasteiger partial charge in [0.2, 0.25) is 11.7 Å². The number of benzene rings is 2. The number of ketones is 1. The highest BCUT2D eigenvalue weighted by atomic mass is 16.6. The third-order valence-electron chi connectivity index (χ3n) is 5.48. The zero-order valence-electron chi connectivity index (χ0n) is 20.2. The molecule has 3 N–H and O–H groups in total. The van der Waals surface area contributed by atoms with Gasteiger partial charge in [-0.1, -0.05) is 30.3 Å². The van der Waals surface area contributed by atoms with Gasteiger partial charge in [-0.05, 0) is 56.7 Å². The number of hydrogen-bond acceptors (Lipinski definition) is 5. The summed E-state index contributed by atoms with van der Waals surface area (Å²) >= 11 is 0. The Hall–Kier alpha value is -4.59. The Balaban J connectivity index is 1.32. The summed E-state index contributed by atoms with van der Waals surface area (Å²) in [5.74, 6) is 0.682. The molecule has 0 fully saturated rings. The predicted molar refractivity (Wildman–Crippen MR) is 138 cm³/mol. The third kappa shape index (κ3) is 5.22. The van der Waals surface area contributed by atoms with Crippen LogP contribution in [0.15, 0.2) is 72.9 Å². The second kappa shape index (κ2) is 9.22. The van der Waals surface area contributed by atoms with Gasteiger partial charge in [0.15, 0.2) is 0 Å². The number of nitrogens with one attached hydrogen (secondary N) is 3. The molecule has 36 heavy (non-hydrogen) atoms. The zero-order valence-corrected chi connectivity index (χ0v) is 20.2. The van der Waals surface area contributed by atoms with E-state index in [1.54, 1.807) is 12.1 Å². The van der Waals surface area contributed by atoms with Crippen LogP contribution in [0.3, 0.4) is 0 Å². The molecule has 0 aliphatic carbocycles. The number of aromatic nitrogens is 3. The normalized spacial score (nSPS) is 11.5. The Kier molecular flexibility index (Phi) is 5.93. The highest BCUT2D eigenvalue weighted by Gasteiger charge is 2.18. The maximum Gasteiger partial charge on any atom is 0.414 e. The van der Waals surface area contributed by atoms with Crippen molar-refractivity contribution in [3.8, 4) is 11.6 Å². The van der Waals surface area contributed by atoms with Crippen LogP contribution in [0.25, 0.3) is 21.8 Å². The van der Waals surface area contributed by atoms with Gasteiger partial charge in [-0.3, -0.25) is 4.79 Å². The Labute approximate surface area is 207 Å². The fraction of sp³-hybridized carbons (Fsp3) is 0.179. The van der Waals surface area contributed by atoms with Gasteiger partial charge in [0, 0.05) is 27.9 Å². The lowest BCUT2D eigenvalue weighted by atomic mass is 10.1. The van der Waals surface area contributed by atoms with Gasteiger partial charge < -0.3 is 24.8 Å². The summed E-state index contributed by atoms with van der Waals surface area (Å²) < 4.78 is 11.2. The lowest BCUT2D eigenvalue weighted by molar-refractivity contribution is 0.103. The molecule has 0 atom stereocenters. The SMILES string of the molecule is CC(C)(C)NC(=O)Oc1cc2cc(C(=O)c3cc4cc(OCc5ccccc5)ccc4[nH]3)[nH]c2cn1. The summed E-state index contributed by atoms with van der Waals surface area (Å²) in [5, 5.41) is 4.30.